The molecule has 2 aromatic carbocycles. The van der Waals surface area contributed by atoms with Crippen molar-refractivity contribution in [1.29, 1.82) is 0 Å². The van der Waals surface area contributed by atoms with Crippen LogP contribution in [0.5, 0.6) is 11.5 Å². The van der Waals surface area contributed by atoms with E-state index in [9.17, 15) is 24.6 Å². The van der Waals surface area contributed by atoms with Crippen LogP contribution in [0.2, 0.25) is 0 Å². The number of benzene rings is 2. The highest BCUT2D eigenvalue weighted by atomic mass is 16.6. The fourth-order valence-corrected chi connectivity index (χ4v) is 3.98. The van der Waals surface area contributed by atoms with Crippen LogP contribution < -0.4 is 10.6 Å². The van der Waals surface area contributed by atoms with Crippen LogP contribution in [-0.4, -0.2) is 56.7 Å². The maximum absolute atomic E-state index is 14.3. The Morgan fingerprint density at radius 1 is 0.897 bits per heavy atom. The SMILES string of the molecule is CCCCN(C(=O)C(Cc1ccc(O)cc1)NC(=O)OC(C)(C)C)C(C(=O)NC(C)(C)C)c1ccc(O)cc1. The first-order valence-electron chi connectivity index (χ1n) is 13.3. The standard InChI is InChI=1S/C30H43N3O6/c1-8-9-18-33(25(26(36)32-29(2,3)4)21-12-16-23(35)17-13-21)27(37)24(31-28(38)39-30(5,6)7)19-20-10-14-22(34)15-11-20/h10-17,24-25,34-35H,8-9,18-19H2,1-7H3,(H,31,38)(H,32,36). The van der Waals surface area contributed by atoms with Gasteiger partial charge in [0.15, 0.2) is 0 Å². The summed E-state index contributed by atoms with van der Waals surface area (Å²) in [5.41, 5.74) is -0.108. The van der Waals surface area contributed by atoms with Gasteiger partial charge in [-0.2, -0.15) is 0 Å². The van der Waals surface area contributed by atoms with E-state index in [0.29, 0.717) is 17.5 Å². The molecule has 0 aliphatic heterocycles. The minimum atomic E-state index is -1.05. The zero-order valence-electron chi connectivity index (χ0n) is 24.1. The van der Waals surface area contributed by atoms with Crippen LogP contribution in [0, 0.1) is 0 Å². The van der Waals surface area contributed by atoms with E-state index < -0.39 is 35.2 Å². The van der Waals surface area contributed by atoms with Crippen molar-refractivity contribution in [2.75, 3.05) is 6.54 Å². The Kier molecular flexibility index (Phi) is 10.8. The summed E-state index contributed by atoms with van der Waals surface area (Å²) in [6.45, 7) is 13.0. The summed E-state index contributed by atoms with van der Waals surface area (Å²) in [5.74, 6) is -0.711. The largest absolute Gasteiger partial charge is 0.508 e. The highest BCUT2D eigenvalue weighted by molar-refractivity contribution is 5.92. The molecule has 2 unspecified atom stereocenters. The topological polar surface area (TPSA) is 128 Å². The maximum Gasteiger partial charge on any atom is 0.408 e. The van der Waals surface area contributed by atoms with E-state index in [1.165, 1.54) is 29.2 Å². The molecule has 0 aliphatic rings. The molecule has 0 spiro atoms. The molecule has 0 saturated carbocycles. The fraction of sp³-hybridized carbons (Fsp3) is 0.500. The molecule has 2 aromatic rings. The summed E-state index contributed by atoms with van der Waals surface area (Å²) >= 11 is 0. The summed E-state index contributed by atoms with van der Waals surface area (Å²) in [5, 5.41) is 25.2. The van der Waals surface area contributed by atoms with Gasteiger partial charge in [0, 0.05) is 18.5 Å². The predicted octanol–water partition coefficient (Wildman–Crippen LogP) is 4.82. The minimum Gasteiger partial charge on any atom is -0.508 e. The molecular weight excluding hydrogens is 498 g/mol. The number of rotatable bonds is 10. The lowest BCUT2D eigenvalue weighted by atomic mass is 9.98. The maximum atomic E-state index is 14.3. The lowest BCUT2D eigenvalue weighted by Crippen LogP contribution is -2.55. The molecule has 3 amide bonds. The van der Waals surface area contributed by atoms with Crippen molar-refractivity contribution in [2.24, 2.45) is 0 Å². The van der Waals surface area contributed by atoms with Crippen molar-refractivity contribution in [1.82, 2.24) is 15.5 Å². The summed E-state index contributed by atoms with van der Waals surface area (Å²) in [6.07, 6.45) is 0.760. The molecule has 0 heterocycles. The Hall–Kier alpha value is -3.75. The number of phenols is 2. The van der Waals surface area contributed by atoms with Crippen LogP contribution >= 0.6 is 0 Å². The highest BCUT2D eigenvalue weighted by Crippen LogP contribution is 2.26. The van der Waals surface area contributed by atoms with Gasteiger partial charge >= 0.3 is 6.09 Å². The summed E-state index contributed by atoms with van der Waals surface area (Å²) in [7, 11) is 0. The molecule has 0 bridgehead atoms. The molecular formula is C30H43N3O6. The fourth-order valence-electron chi connectivity index (χ4n) is 3.98. The summed E-state index contributed by atoms with van der Waals surface area (Å²) < 4.78 is 5.44. The minimum absolute atomic E-state index is 0.0389. The number of alkyl carbamates (subject to hydrolysis) is 1. The molecule has 214 valence electrons. The van der Waals surface area contributed by atoms with E-state index in [1.807, 2.05) is 27.7 Å². The third kappa shape index (κ3) is 10.5. The Labute approximate surface area is 231 Å². The molecule has 39 heavy (non-hydrogen) atoms. The molecule has 2 atom stereocenters. The van der Waals surface area contributed by atoms with Crippen molar-refractivity contribution in [3.8, 4) is 11.5 Å². The van der Waals surface area contributed by atoms with Crippen molar-refractivity contribution in [3.05, 3.63) is 59.7 Å². The summed E-state index contributed by atoms with van der Waals surface area (Å²) in [6, 6.07) is 10.5. The average molecular weight is 542 g/mol. The zero-order chi connectivity index (χ0) is 29.4. The second kappa shape index (κ2) is 13.4. The molecule has 0 fully saturated rings. The van der Waals surface area contributed by atoms with Crippen molar-refractivity contribution in [2.45, 2.75) is 91.0 Å². The third-order valence-corrected chi connectivity index (χ3v) is 5.67. The molecule has 9 heteroatoms. The molecule has 4 N–H and O–H groups in total. The Morgan fingerprint density at radius 2 is 1.44 bits per heavy atom. The predicted molar refractivity (Wildman–Crippen MR) is 150 cm³/mol. The lowest BCUT2D eigenvalue weighted by Gasteiger charge is -2.36. The number of unbranched alkanes of at least 4 members (excludes halogenated alkanes) is 1. The number of nitrogens with one attached hydrogen (secondary N) is 2. The van der Waals surface area contributed by atoms with Crippen LogP contribution in [0.3, 0.4) is 0 Å². The molecule has 9 nitrogen and oxygen atoms in total. The van der Waals surface area contributed by atoms with Gasteiger partial charge in [0.1, 0.15) is 29.2 Å². The number of phenolic OH excluding ortho intramolecular Hbond substituents is 2. The molecule has 0 saturated heterocycles. The smallest absolute Gasteiger partial charge is 0.408 e. The molecule has 2 rings (SSSR count). The first-order valence-corrected chi connectivity index (χ1v) is 13.3. The van der Waals surface area contributed by atoms with Gasteiger partial charge in [-0.3, -0.25) is 9.59 Å². The number of nitrogens with zero attached hydrogens (tertiary/aromatic N) is 1. The van der Waals surface area contributed by atoms with Crippen LogP contribution in [-0.2, 0) is 20.7 Å². The number of carbonyl (C=O) groups excluding carboxylic acids is 3. The number of ether oxygens (including phenoxy) is 1. The van der Waals surface area contributed by atoms with Crippen LogP contribution in [0.1, 0.15) is 78.5 Å². The van der Waals surface area contributed by atoms with Gasteiger partial charge < -0.3 is 30.5 Å². The second-order valence-electron chi connectivity index (χ2n) is 11.7. The number of aromatic hydroxyl groups is 2. The molecule has 0 radical (unpaired) electrons. The van der Waals surface area contributed by atoms with Gasteiger partial charge in [-0.25, -0.2) is 4.79 Å². The van der Waals surface area contributed by atoms with Gasteiger partial charge in [-0.15, -0.1) is 0 Å². The van der Waals surface area contributed by atoms with E-state index in [4.69, 9.17) is 4.74 Å². The third-order valence-electron chi connectivity index (χ3n) is 5.67. The average Bonchev–Trinajstić information content (AvgIpc) is 2.80. The van der Waals surface area contributed by atoms with Gasteiger partial charge in [-0.1, -0.05) is 37.6 Å². The van der Waals surface area contributed by atoms with Crippen LogP contribution in [0.4, 0.5) is 4.79 Å². The number of hydrogen-bond donors (Lipinski definition) is 4. The van der Waals surface area contributed by atoms with Gasteiger partial charge in [0.2, 0.25) is 11.8 Å². The number of carbonyl (C=O) groups is 3. The normalized spacial score (nSPS) is 13.2. The van der Waals surface area contributed by atoms with Gasteiger partial charge in [-0.05, 0) is 83.4 Å². The number of amides is 3. The Balaban J connectivity index is 2.56. The van der Waals surface area contributed by atoms with Crippen LogP contribution in [0.15, 0.2) is 48.5 Å². The van der Waals surface area contributed by atoms with Crippen molar-refractivity contribution in [3.63, 3.8) is 0 Å². The van der Waals surface area contributed by atoms with Crippen molar-refractivity contribution < 1.29 is 29.3 Å². The Bertz CT molecular complexity index is 1100. The van der Waals surface area contributed by atoms with E-state index >= 15 is 0 Å². The summed E-state index contributed by atoms with van der Waals surface area (Å²) in [4.78, 5) is 42.2. The van der Waals surface area contributed by atoms with E-state index in [1.54, 1.807) is 45.0 Å². The first-order chi connectivity index (χ1) is 18.1. The van der Waals surface area contributed by atoms with E-state index in [-0.39, 0.29) is 30.4 Å². The Morgan fingerprint density at radius 3 is 1.92 bits per heavy atom. The monoisotopic (exact) mass is 541 g/mol. The van der Waals surface area contributed by atoms with Crippen LogP contribution in [0.25, 0.3) is 0 Å². The highest BCUT2D eigenvalue weighted by Gasteiger charge is 2.37. The zero-order valence-corrected chi connectivity index (χ0v) is 24.1. The first kappa shape index (κ1) is 31.5. The van der Waals surface area contributed by atoms with Crippen molar-refractivity contribution >= 4 is 17.9 Å². The second-order valence-corrected chi connectivity index (χ2v) is 11.7. The lowest BCUT2D eigenvalue weighted by molar-refractivity contribution is -0.143. The molecule has 0 aromatic heterocycles. The van der Waals surface area contributed by atoms with Gasteiger partial charge in [0.05, 0.1) is 0 Å². The quantitative estimate of drug-likeness (QED) is 0.342. The van der Waals surface area contributed by atoms with Gasteiger partial charge in [0.25, 0.3) is 0 Å². The molecule has 0 aliphatic carbocycles. The number of hydrogen-bond acceptors (Lipinski definition) is 6. The van der Waals surface area contributed by atoms with E-state index in [2.05, 4.69) is 10.6 Å². The van der Waals surface area contributed by atoms with E-state index in [0.717, 1.165) is 6.42 Å².